The van der Waals surface area contributed by atoms with Crippen LogP contribution in [0.3, 0.4) is 0 Å². The molecule has 0 aromatic carbocycles. The predicted octanol–water partition coefficient (Wildman–Crippen LogP) is 2.50. The van der Waals surface area contributed by atoms with Gasteiger partial charge in [-0.2, -0.15) is 0 Å². The summed E-state index contributed by atoms with van der Waals surface area (Å²) in [5, 5.41) is 7.37. The minimum Gasteiger partial charge on any atom is -0.373 e. The van der Waals surface area contributed by atoms with Gasteiger partial charge in [-0.05, 0) is 19.1 Å². The van der Waals surface area contributed by atoms with Gasteiger partial charge in [-0.3, -0.25) is 0 Å². The molecule has 0 aliphatic heterocycles. The van der Waals surface area contributed by atoms with Crippen molar-refractivity contribution < 1.29 is 0 Å². The van der Waals surface area contributed by atoms with Gasteiger partial charge in [0.25, 0.3) is 0 Å². The van der Waals surface area contributed by atoms with Crippen molar-refractivity contribution in [1.82, 2.24) is 9.97 Å². The summed E-state index contributed by atoms with van der Waals surface area (Å²) in [6.07, 6.45) is 1.90. The Labute approximate surface area is 98.8 Å². The van der Waals surface area contributed by atoms with Crippen LogP contribution in [-0.4, -0.2) is 17.0 Å². The molecular formula is C11H14N4S. The SMILES string of the molecule is CNc1cccc(NCc2cnc(C)s2)n1. The first-order valence-electron chi connectivity index (χ1n) is 5.08. The van der Waals surface area contributed by atoms with Crippen LogP contribution in [0.4, 0.5) is 11.6 Å². The molecule has 0 spiro atoms. The van der Waals surface area contributed by atoms with Gasteiger partial charge in [0.15, 0.2) is 0 Å². The lowest BCUT2D eigenvalue weighted by Gasteiger charge is -2.05. The zero-order chi connectivity index (χ0) is 11.4. The average molecular weight is 234 g/mol. The third kappa shape index (κ3) is 2.70. The van der Waals surface area contributed by atoms with Gasteiger partial charge < -0.3 is 10.6 Å². The molecule has 2 rings (SSSR count). The molecule has 16 heavy (non-hydrogen) atoms. The van der Waals surface area contributed by atoms with Crippen molar-refractivity contribution in [1.29, 1.82) is 0 Å². The van der Waals surface area contributed by atoms with Gasteiger partial charge in [-0.15, -0.1) is 11.3 Å². The van der Waals surface area contributed by atoms with Gasteiger partial charge in [0.05, 0.1) is 11.6 Å². The first-order valence-corrected chi connectivity index (χ1v) is 5.89. The number of thiazole rings is 1. The topological polar surface area (TPSA) is 49.8 Å². The molecule has 0 atom stereocenters. The van der Waals surface area contributed by atoms with Crippen LogP contribution in [-0.2, 0) is 6.54 Å². The Kier molecular flexibility index (Phi) is 3.36. The molecule has 2 aromatic heterocycles. The second-order valence-electron chi connectivity index (χ2n) is 3.36. The van der Waals surface area contributed by atoms with E-state index in [4.69, 9.17) is 0 Å². The Bertz CT molecular complexity index is 467. The van der Waals surface area contributed by atoms with E-state index in [0.717, 1.165) is 23.2 Å². The number of rotatable bonds is 4. The first kappa shape index (κ1) is 10.9. The van der Waals surface area contributed by atoms with Crippen molar-refractivity contribution in [3.63, 3.8) is 0 Å². The number of nitrogens with one attached hydrogen (secondary N) is 2. The molecule has 0 unspecified atom stereocenters. The van der Waals surface area contributed by atoms with Gasteiger partial charge in [0.1, 0.15) is 11.6 Å². The van der Waals surface area contributed by atoms with Crippen molar-refractivity contribution in [3.8, 4) is 0 Å². The average Bonchev–Trinajstić information content (AvgIpc) is 2.73. The minimum atomic E-state index is 0.770. The van der Waals surface area contributed by atoms with Crippen molar-refractivity contribution in [3.05, 3.63) is 34.3 Å². The fourth-order valence-electron chi connectivity index (χ4n) is 1.34. The Morgan fingerprint density at radius 1 is 1.31 bits per heavy atom. The highest BCUT2D eigenvalue weighted by Crippen LogP contribution is 2.14. The van der Waals surface area contributed by atoms with Crippen LogP contribution in [0.15, 0.2) is 24.4 Å². The molecule has 0 aliphatic rings. The Morgan fingerprint density at radius 2 is 2.12 bits per heavy atom. The quantitative estimate of drug-likeness (QED) is 0.853. The molecule has 0 bridgehead atoms. The van der Waals surface area contributed by atoms with Crippen LogP contribution in [0.1, 0.15) is 9.88 Å². The Balaban J connectivity index is 1.99. The number of nitrogens with zero attached hydrogens (tertiary/aromatic N) is 2. The maximum Gasteiger partial charge on any atom is 0.128 e. The summed E-state index contributed by atoms with van der Waals surface area (Å²) in [6, 6.07) is 5.86. The van der Waals surface area contributed by atoms with E-state index < -0.39 is 0 Å². The highest BCUT2D eigenvalue weighted by molar-refractivity contribution is 7.11. The van der Waals surface area contributed by atoms with Gasteiger partial charge in [-0.1, -0.05) is 6.07 Å². The van der Waals surface area contributed by atoms with E-state index in [1.54, 1.807) is 11.3 Å². The van der Waals surface area contributed by atoms with E-state index >= 15 is 0 Å². The Hall–Kier alpha value is -1.62. The summed E-state index contributed by atoms with van der Waals surface area (Å²) in [6.45, 7) is 2.78. The smallest absolute Gasteiger partial charge is 0.128 e. The molecule has 0 amide bonds. The van der Waals surface area contributed by atoms with Crippen LogP contribution >= 0.6 is 11.3 Å². The maximum absolute atomic E-state index is 4.38. The molecule has 84 valence electrons. The maximum atomic E-state index is 4.38. The molecule has 0 fully saturated rings. The number of hydrogen-bond donors (Lipinski definition) is 2. The molecular weight excluding hydrogens is 220 g/mol. The van der Waals surface area contributed by atoms with E-state index in [1.165, 1.54) is 4.88 Å². The van der Waals surface area contributed by atoms with Gasteiger partial charge >= 0.3 is 0 Å². The van der Waals surface area contributed by atoms with E-state index in [-0.39, 0.29) is 0 Å². The van der Waals surface area contributed by atoms with E-state index in [2.05, 4.69) is 20.6 Å². The van der Waals surface area contributed by atoms with Crippen LogP contribution in [0.2, 0.25) is 0 Å². The minimum absolute atomic E-state index is 0.770. The van der Waals surface area contributed by atoms with Gasteiger partial charge in [-0.25, -0.2) is 9.97 Å². The van der Waals surface area contributed by atoms with E-state index in [1.807, 2.05) is 38.4 Å². The third-order valence-corrected chi connectivity index (χ3v) is 3.03. The fourth-order valence-corrected chi connectivity index (χ4v) is 2.07. The molecule has 2 N–H and O–H groups in total. The highest BCUT2D eigenvalue weighted by Gasteiger charge is 1.99. The highest BCUT2D eigenvalue weighted by atomic mass is 32.1. The van der Waals surface area contributed by atoms with Crippen LogP contribution in [0.25, 0.3) is 0 Å². The third-order valence-electron chi connectivity index (χ3n) is 2.12. The number of pyridine rings is 1. The summed E-state index contributed by atoms with van der Waals surface area (Å²) in [4.78, 5) is 9.80. The number of aromatic nitrogens is 2. The molecule has 2 aromatic rings. The number of aryl methyl sites for hydroxylation is 1. The zero-order valence-electron chi connectivity index (χ0n) is 9.32. The number of hydrogen-bond acceptors (Lipinski definition) is 5. The lowest BCUT2D eigenvalue weighted by atomic mass is 10.4. The van der Waals surface area contributed by atoms with E-state index in [0.29, 0.717) is 0 Å². The summed E-state index contributed by atoms with van der Waals surface area (Å²) in [5.41, 5.74) is 0. The second kappa shape index (κ2) is 4.94. The normalized spacial score (nSPS) is 10.1. The van der Waals surface area contributed by atoms with E-state index in [9.17, 15) is 0 Å². The summed E-state index contributed by atoms with van der Waals surface area (Å²) in [5.74, 6) is 1.74. The molecule has 0 saturated carbocycles. The van der Waals surface area contributed by atoms with Gasteiger partial charge in [0.2, 0.25) is 0 Å². The molecule has 0 radical (unpaired) electrons. The summed E-state index contributed by atoms with van der Waals surface area (Å²) >= 11 is 1.70. The van der Waals surface area contributed by atoms with Crippen molar-refractivity contribution >= 4 is 23.0 Å². The van der Waals surface area contributed by atoms with Crippen LogP contribution < -0.4 is 10.6 Å². The molecule has 5 heteroatoms. The predicted molar refractivity (Wildman–Crippen MR) is 68.0 cm³/mol. The zero-order valence-corrected chi connectivity index (χ0v) is 10.1. The Morgan fingerprint density at radius 3 is 2.81 bits per heavy atom. The standard InChI is InChI=1S/C11H14N4S/c1-8-13-6-9(16-8)7-14-11-5-3-4-10(12-2)15-11/h3-6H,7H2,1-2H3,(H2,12,14,15). The largest absolute Gasteiger partial charge is 0.373 e. The first-order chi connectivity index (χ1) is 7.78. The lowest BCUT2D eigenvalue weighted by molar-refractivity contribution is 1.13. The summed E-state index contributed by atoms with van der Waals surface area (Å²) in [7, 11) is 1.86. The molecule has 4 nitrogen and oxygen atoms in total. The molecule has 0 aliphatic carbocycles. The monoisotopic (exact) mass is 234 g/mol. The van der Waals surface area contributed by atoms with Crippen molar-refractivity contribution in [2.45, 2.75) is 13.5 Å². The van der Waals surface area contributed by atoms with Crippen LogP contribution in [0.5, 0.6) is 0 Å². The molecule has 2 heterocycles. The van der Waals surface area contributed by atoms with Crippen LogP contribution in [0, 0.1) is 6.92 Å². The lowest BCUT2D eigenvalue weighted by Crippen LogP contribution is -2.01. The second-order valence-corrected chi connectivity index (χ2v) is 4.68. The summed E-state index contributed by atoms with van der Waals surface area (Å²) < 4.78 is 0. The number of anilines is 2. The molecule has 0 saturated heterocycles. The van der Waals surface area contributed by atoms with Crippen molar-refractivity contribution in [2.75, 3.05) is 17.7 Å². The fraction of sp³-hybridized carbons (Fsp3) is 0.273. The van der Waals surface area contributed by atoms with Crippen molar-refractivity contribution in [2.24, 2.45) is 0 Å². The van der Waals surface area contributed by atoms with Gasteiger partial charge in [0, 0.05) is 18.1 Å².